The van der Waals surface area contributed by atoms with E-state index in [2.05, 4.69) is 15.1 Å². The molecule has 0 amide bonds. The first-order valence-corrected chi connectivity index (χ1v) is 6.18. The lowest BCUT2D eigenvalue weighted by molar-refractivity contribution is 0.0677. The van der Waals surface area contributed by atoms with Crippen LogP contribution in [0, 0.1) is 0 Å². The molecule has 2 aromatic heterocycles. The van der Waals surface area contributed by atoms with Crippen LogP contribution in [-0.4, -0.2) is 26.3 Å². The fraction of sp³-hybridized carbons (Fsp3) is 0.583. The van der Waals surface area contributed by atoms with Crippen molar-refractivity contribution in [3.05, 3.63) is 29.9 Å². The minimum Gasteiger partial charge on any atom is -0.371 e. The maximum absolute atomic E-state index is 5.54. The van der Waals surface area contributed by atoms with Crippen molar-refractivity contribution in [1.82, 2.24) is 19.7 Å². The standard InChI is InChI=1S/C12H18N4O2/c1-4-11-14-10(15-18-11)8-16-7-6-13-12(16)9(3)17-5-2/h6-7,9H,4-5,8H2,1-3H3/t9-/m0/s1. The molecule has 0 aromatic carbocycles. The third-order valence-electron chi connectivity index (χ3n) is 2.65. The normalized spacial score (nSPS) is 12.8. The zero-order valence-electron chi connectivity index (χ0n) is 11.0. The van der Waals surface area contributed by atoms with Gasteiger partial charge in [-0.05, 0) is 13.8 Å². The van der Waals surface area contributed by atoms with E-state index >= 15 is 0 Å². The third-order valence-corrected chi connectivity index (χ3v) is 2.65. The summed E-state index contributed by atoms with van der Waals surface area (Å²) in [6, 6.07) is 0. The first kappa shape index (κ1) is 12.8. The summed E-state index contributed by atoms with van der Waals surface area (Å²) in [6.07, 6.45) is 4.36. The molecule has 0 saturated heterocycles. The van der Waals surface area contributed by atoms with Crippen molar-refractivity contribution in [3.8, 4) is 0 Å². The molecular formula is C12H18N4O2. The second-order valence-corrected chi connectivity index (χ2v) is 3.97. The minimum atomic E-state index is -0.0393. The molecule has 0 bridgehead atoms. The average Bonchev–Trinajstić information content (AvgIpc) is 2.99. The van der Waals surface area contributed by atoms with E-state index in [1.165, 1.54) is 0 Å². The van der Waals surface area contributed by atoms with Crippen LogP contribution >= 0.6 is 0 Å². The Hall–Kier alpha value is -1.69. The minimum absolute atomic E-state index is 0.0393. The van der Waals surface area contributed by atoms with Crippen molar-refractivity contribution in [2.24, 2.45) is 0 Å². The van der Waals surface area contributed by atoms with Gasteiger partial charge < -0.3 is 13.8 Å². The van der Waals surface area contributed by atoms with Gasteiger partial charge in [-0.1, -0.05) is 12.1 Å². The predicted octanol–water partition coefficient (Wildman–Crippen LogP) is 1.97. The maximum Gasteiger partial charge on any atom is 0.226 e. The van der Waals surface area contributed by atoms with Crippen molar-refractivity contribution in [1.29, 1.82) is 0 Å². The average molecular weight is 250 g/mol. The molecule has 0 fully saturated rings. The van der Waals surface area contributed by atoms with E-state index in [0.717, 1.165) is 12.2 Å². The fourth-order valence-electron chi connectivity index (χ4n) is 1.79. The number of rotatable bonds is 6. The van der Waals surface area contributed by atoms with Gasteiger partial charge in [0.2, 0.25) is 5.89 Å². The van der Waals surface area contributed by atoms with E-state index in [9.17, 15) is 0 Å². The van der Waals surface area contributed by atoms with Crippen molar-refractivity contribution >= 4 is 0 Å². The fourth-order valence-corrected chi connectivity index (χ4v) is 1.79. The number of imidazole rings is 1. The number of hydrogen-bond donors (Lipinski definition) is 0. The Morgan fingerprint density at radius 1 is 1.44 bits per heavy atom. The van der Waals surface area contributed by atoms with Crippen LogP contribution in [0.1, 0.15) is 44.4 Å². The van der Waals surface area contributed by atoms with Gasteiger partial charge in [-0.2, -0.15) is 4.98 Å². The first-order valence-electron chi connectivity index (χ1n) is 6.18. The third kappa shape index (κ3) is 2.76. The largest absolute Gasteiger partial charge is 0.371 e. The van der Waals surface area contributed by atoms with E-state index in [-0.39, 0.29) is 6.10 Å². The van der Waals surface area contributed by atoms with E-state index in [0.29, 0.717) is 24.9 Å². The number of aryl methyl sites for hydroxylation is 1. The predicted molar refractivity (Wildman–Crippen MR) is 65.0 cm³/mol. The van der Waals surface area contributed by atoms with Crippen LogP contribution in [0.5, 0.6) is 0 Å². The van der Waals surface area contributed by atoms with Gasteiger partial charge in [0.25, 0.3) is 0 Å². The molecular weight excluding hydrogens is 232 g/mol. The highest BCUT2D eigenvalue weighted by atomic mass is 16.5. The Kier molecular flexibility index (Phi) is 4.09. The van der Waals surface area contributed by atoms with E-state index < -0.39 is 0 Å². The van der Waals surface area contributed by atoms with Gasteiger partial charge >= 0.3 is 0 Å². The van der Waals surface area contributed by atoms with Crippen LogP contribution in [0.2, 0.25) is 0 Å². The monoisotopic (exact) mass is 250 g/mol. The molecule has 6 heteroatoms. The van der Waals surface area contributed by atoms with Crippen LogP contribution < -0.4 is 0 Å². The Morgan fingerprint density at radius 3 is 2.94 bits per heavy atom. The molecule has 2 heterocycles. The summed E-state index contributed by atoms with van der Waals surface area (Å²) in [6.45, 7) is 7.15. The molecule has 2 rings (SSSR count). The van der Waals surface area contributed by atoms with Crippen molar-refractivity contribution < 1.29 is 9.26 Å². The molecule has 6 nitrogen and oxygen atoms in total. The second kappa shape index (κ2) is 5.77. The van der Waals surface area contributed by atoms with Crippen molar-refractivity contribution in [3.63, 3.8) is 0 Å². The molecule has 18 heavy (non-hydrogen) atoms. The van der Waals surface area contributed by atoms with Gasteiger partial charge in [-0.3, -0.25) is 0 Å². The van der Waals surface area contributed by atoms with Gasteiger partial charge in [-0.25, -0.2) is 4.98 Å². The molecule has 2 aromatic rings. The lowest BCUT2D eigenvalue weighted by atomic mass is 10.3. The zero-order chi connectivity index (χ0) is 13.0. The Bertz CT molecular complexity index is 492. The Morgan fingerprint density at radius 2 is 2.28 bits per heavy atom. The Balaban J connectivity index is 2.11. The van der Waals surface area contributed by atoms with Crippen molar-refractivity contribution in [2.75, 3.05) is 6.61 Å². The molecule has 0 radical (unpaired) electrons. The lowest BCUT2D eigenvalue weighted by Gasteiger charge is -2.12. The van der Waals surface area contributed by atoms with Crippen LogP contribution in [-0.2, 0) is 17.7 Å². The number of aromatic nitrogens is 4. The number of hydrogen-bond acceptors (Lipinski definition) is 5. The van der Waals surface area contributed by atoms with Gasteiger partial charge in [0, 0.05) is 25.4 Å². The van der Waals surface area contributed by atoms with Crippen LogP contribution in [0.15, 0.2) is 16.9 Å². The van der Waals surface area contributed by atoms with E-state index in [1.807, 2.05) is 31.5 Å². The molecule has 1 atom stereocenters. The molecule has 0 unspecified atom stereocenters. The summed E-state index contributed by atoms with van der Waals surface area (Å²) in [5, 5.41) is 3.93. The van der Waals surface area contributed by atoms with Gasteiger partial charge in [-0.15, -0.1) is 0 Å². The molecule has 0 aliphatic rings. The van der Waals surface area contributed by atoms with Gasteiger partial charge in [0.05, 0.1) is 6.54 Å². The highest BCUT2D eigenvalue weighted by molar-refractivity contribution is 4.99. The lowest BCUT2D eigenvalue weighted by Crippen LogP contribution is -2.11. The maximum atomic E-state index is 5.54. The van der Waals surface area contributed by atoms with E-state index in [4.69, 9.17) is 9.26 Å². The second-order valence-electron chi connectivity index (χ2n) is 3.97. The summed E-state index contributed by atoms with van der Waals surface area (Å²) in [5.41, 5.74) is 0. The smallest absolute Gasteiger partial charge is 0.226 e. The summed E-state index contributed by atoms with van der Waals surface area (Å²) >= 11 is 0. The Labute approximate surface area is 106 Å². The highest BCUT2D eigenvalue weighted by Crippen LogP contribution is 2.15. The summed E-state index contributed by atoms with van der Waals surface area (Å²) in [4.78, 5) is 8.59. The van der Waals surface area contributed by atoms with Crippen molar-refractivity contribution in [2.45, 2.75) is 39.8 Å². The SMILES string of the molecule is CCO[C@@H](C)c1nccn1Cc1noc(CC)n1. The first-order chi connectivity index (χ1) is 8.74. The highest BCUT2D eigenvalue weighted by Gasteiger charge is 2.14. The summed E-state index contributed by atoms with van der Waals surface area (Å²) in [5.74, 6) is 2.19. The van der Waals surface area contributed by atoms with Crippen LogP contribution in [0.3, 0.4) is 0 Å². The van der Waals surface area contributed by atoms with Crippen LogP contribution in [0.4, 0.5) is 0 Å². The van der Waals surface area contributed by atoms with Gasteiger partial charge in [0.15, 0.2) is 5.82 Å². The number of nitrogens with zero attached hydrogens (tertiary/aromatic N) is 4. The summed E-state index contributed by atoms with van der Waals surface area (Å²) < 4.78 is 12.6. The van der Waals surface area contributed by atoms with E-state index in [1.54, 1.807) is 6.20 Å². The summed E-state index contributed by atoms with van der Waals surface area (Å²) in [7, 11) is 0. The van der Waals surface area contributed by atoms with Gasteiger partial charge in [0.1, 0.15) is 11.9 Å². The quantitative estimate of drug-likeness (QED) is 0.784. The number of ether oxygens (including phenoxy) is 1. The molecule has 0 aliphatic heterocycles. The molecule has 0 aliphatic carbocycles. The molecule has 0 N–H and O–H groups in total. The van der Waals surface area contributed by atoms with Crippen LogP contribution in [0.25, 0.3) is 0 Å². The topological polar surface area (TPSA) is 66.0 Å². The molecule has 98 valence electrons. The molecule has 0 spiro atoms. The zero-order valence-corrected chi connectivity index (χ0v) is 11.0. The molecule has 0 saturated carbocycles.